The fraction of sp³-hybridized carbons (Fsp3) is 0.667. The van der Waals surface area contributed by atoms with E-state index >= 15 is 0 Å². The van der Waals surface area contributed by atoms with Crippen LogP contribution in [0.1, 0.15) is 62.5 Å². The highest BCUT2D eigenvalue weighted by atomic mass is 127. The number of amides is 1. The molecule has 1 aliphatic carbocycles. The van der Waals surface area contributed by atoms with Gasteiger partial charge in [0.25, 0.3) is 0 Å². The van der Waals surface area contributed by atoms with Gasteiger partial charge in [0.1, 0.15) is 12.4 Å². The standard InChI is InChI=1S/C24H38N4O3.HI/c1-18-10-11-19(22(15-18)31-17-21-9-6-14-30-21)16-27-24(25-2)26-13-12-23(29)28-20-7-4-3-5-8-20;/h10-11,15,20-21H,3-9,12-14,16-17H2,1-2H3,(H,28,29)(H2,25,26,27);1H. The van der Waals surface area contributed by atoms with Gasteiger partial charge in [-0.3, -0.25) is 9.79 Å². The molecule has 32 heavy (non-hydrogen) atoms. The Morgan fingerprint density at radius 2 is 1.97 bits per heavy atom. The van der Waals surface area contributed by atoms with Crippen molar-refractivity contribution in [1.82, 2.24) is 16.0 Å². The predicted octanol–water partition coefficient (Wildman–Crippen LogP) is 3.67. The molecule has 1 saturated carbocycles. The molecule has 1 amide bonds. The molecule has 8 heteroatoms. The average molecular weight is 559 g/mol. The van der Waals surface area contributed by atoms with Crippen molar-refractivity contribution < 1.29 is 14.3 Å². The number of carbonyl (C=O) groups is 1. The molecule has 3 N–H and O–H groups in total. The first-order chi connectivity index (χ1) is 15.1. The highest BCUT2D eigenvalue weighted by molar-refractivity contribution is 14.0. The van der Waals surface area contributed by atoms with E-state index in [-0.39, 0.29) is 36.0 Å². The number of aliphatic imine (C=N–C) groups is 1. The van der Waals surface area contributed by atoms with Crippen molar-refractivity contribution in [2.45, 2.75) is 77.0 Å². The lowest BCUT2D eigenvalue weighted by molar-refractivity contribution is -0.121. The highest BCUT2D eigenvalue weighted by Gasteiger charge is 2.17. The molecule has 2 aliphatic rings. The summed E-state index contributed by atoms with van der Waals surface area (Å²) in [6.07, 6.45) is 8.75. The summed E-state index contributed by atoms with van der Waals surface area (Å²) in [5, 5.41) is 9.71. The first-order valence-electron chi connectivity index (χ1n) is 11.7. The summed E-state index contributed by atoms with van der Waals surface area (Å²) < 4.78 is 11.7. The number of aryl methyl sites for hydroxylation is 1. The van der Waals surface area contributed by atoms with Crippen LogP contribution >= 0.6 is 24.0 Å². The molecule has 180 valence electrons. The van der Waals surface area contributed by atoms with E-state index in [1.807, 2.05) is 0 Å². The van der Waals surface area contributed by atoms with Gasteiger partial charge in [0.05, 0.1) is 6.10 Å². The molecule has 1 heterocycles. The second kappa shape index (κ2) is 14.6. The lowest BCUT2D eigenvalue weighted by Gasteiger charge is -2.22. The lowest BCUT2D eigenvalue weighted by atomic mass is 9.95. The predicted molar refractivity (Wildman–Crippen MR) is 139 cm³/mol. The molecule has 1 aromatic carbocycles. The summed E-state index contributed by atoms with van der Waals surface area (Å²) in [6.45, 7) is 4.62. The highest BCUT2D eigenvalue weighted by Crippen LogP contribution is 2.22. The van der Waals surface area contributed by atoms with Gasteiger partial charge in [0.2, 0.25) is 5.91 Å². The first kappa shape index (κ1) is 26.7. The van der Waals surface area contributed by atoms with E-state index in [4.69, 9.17) is 9.47 Å². The van der Waals surface area contributed by atoms with E-state index in [0.717, 1.165) is 49.2 Å². The van der Waals surface area contributed by atoms with E-state index in [1.165, 1.54) is 19.3 Å². The number of hydrogen-bond acceptors (Lipinski definition) is 4. The molecule has 1 unspecified atom stereocenters. The molecule has 1 atom stereocenters. The topological polar surface area (TPSA) is 84.0 Å². The van der Waals surface area contributed by atoms with Crippen LogP contribution in [0.2, 0.25) is 0 Å². The third-order valence-corrected chi connectivity index (χ3v) is 5.96. The summed E-state index contributed by atoms with van der Waals surface area (Å²) in [5.74, 6) is 1.67. The van der Waals surface area contributed by atoms with Crippen LogP contribution in [0.15, 0.2) is 23.2 Å². The summed E-state index contributed by atoms with van der Waals surface area (Å²) in [4.78, 5) is 16.5. The van der Waals surface area contributed by atoms with Crippen molar-refractivity contribution in [3.63, 3.8) is 0 Å². The van der Waals surface area contributed by atoms with E-state index in [9.17, 15) is 4.79 Å². The molecular weight excluding hydrogens is 519 g/mol. The molecule has 2 fully saturated rings. The Morgan fingerprint density at radius 1 is 1.16 bits per heavy atom. The van der Waals surface area contributed by atoms with Crippen LogP contribution in [0.25, 0.3) is 0 Å². The van der Waals surface area contributed by atoms with Gasteiger partial charge in [-0.15, -0.1) is 24.0 Å². The molecule has 0 spiro atoms. The zero-order valence-electron chi connectivity index (χ0n) is 19.5. The zero-order chi connectivity index (χ0) is 21.9. The van der Waals surface area contributed by atoms with Crippen LogP contribution in [-0.2, 0) is 16.1 Å². The monoisotopic (exact) mass is 558 g/mol. The van der Waals surface area contributed by atoms with E-state index in [0.29, 0.717) is 38.1 Å². The number of hydrogen-bond donors (Lipinski definition) is 3. The van der Waals surface area contributed by atoms with Gasteiger partial charge < -0.3 is 25.4 Å². The number of carbonyl (C=O) groups excluding carboxylic acids is 1. The van der Waals surface area contributed by atoms with Gasteiger partial charge in [-0.05, 0) is 44.2 Å². The van der Waals surface area contributed by atoms with Crippen LogP contribution < -0.4 is 20.7 Å². The summed E-state index contributed by atoms with van der Waals surface area (Å²) >= 11 is 0. The summed E-state index contributed by atoms with van der Waals surface area (Å²) in [6, 6.07) is 6.59. The summed E-state index contributed by atoms with van der Waals surface area (Å²) in [5.41, 5.74) is 2.24. The Hall–Kier alpha value is -1.55. The van der Waals surface area contributed by atoms with E-state index in [2.05, 4.69) is 46.1 Å². The van der Waals surface area contributed by atoms with Gasteiger partial charge in [-0.25, -0.2) is 0 Å². The fourth-order valence-electron chi connectivity index (χ4n) is 4.14. The SMILES string of the molecule is CN=C(NCCC(=O)NC1CCCCC1)NCc1ccc(C)cc1OCC1CCCO1.I. The molecule has 0 bridgehead atoms. The third kappa shape index (κ3) is 9.13. The molecule has 7 nitrogen and oxygen atoms in total. The number of rotatable bonds is 9. The van der Waals surface area contributed by atoms with Gasteiger partial charge in [0, 0.05) is 44.8 Å². The molecule has 1 saturated heterocycles. The van der Waals surface area contributed by atoms with Gasteiger partial charge in [0.15, 0.2) is 5.96 Å². The third-order valence-electron chi connectivity index (χ3n) is 5.96. The van der Waals surface area contributed by atoms with Crippen LogP contribution in [0.3, 0.4) is 0 Å². The minimum Gasteiger partial charge on any atom is -0.491 e. The largest absolute Gasteiger partial charge is 0.491 e. The Bertz CT molecular complexity index is 732. The molecule has 3 rings (SSSR count). The number of ether oxygens (including phenoxy) is 2. The maximum atomic E-state index is 12.2. The van der Waals surface area contributed by atoms with Crippen molar-refractivity contribution in [3.05, 3.63) is 29.3 Å². The molecule has 1 aliphatic heterocycles. The molecular formula is C24H39IN4O3. The Labute approximate surface area is 209 Å². The number of nitrogens with zero attached hydrogens (tertiary/aromatic N) is 1. The minimum atomic E-state index is 0. The lowest BCUT2D eigenvalue weighted by Crippen LogP contribution is -2.41. The first-order valence-corrected chi connectivity index (χ1v) is 11.7. The van der Waals surface area contributed by atoms with Crippen LogP contribution in [0, 0.1) is 6.92 Å². The van der Waals surface area contributed by atoms with Crippen LogP contribution in [0.5, 0.6) is 5.75 Å². The minimum absolute atomic E-state index is 0. The quantitative estimate of drug-likeness (QED) is 0.245. The Kier molecular flexibility index (Phi) is 12.2. The molecule has 0 aromatic heterocycles. The Morgan fingerprint density at radius 3 is 2.69 bits per heavy atom. The van der Waals surface area contributed by atoms with Crippen molar-refractivity contribution in [1.29, 1.82) is 0 Å². The van der Waals surface area contributed by atoms with Crippen molar-refractivity contribution in [2.24, 2.45) is 4.99 Å². The number of guanidine groups is 1. The van der Waals surface area contributed by atoms with Crippen LogP contribution in [-0.4, -0.2) is 50.8 Å². The number of nitrogens with one attached hydrogen (secondary N) is 3. The van der Waals surface area contributed by atoms with Gasteiger partial charge in [-0.2, -0.15) is 0 Å². The number of halogens is 1. The summed E-state index contributed by atoms with van der Waals surface area (Å²) in [7, 11) is 1.74. The second-order valence-electron chi connectivity index (χ2n) is 8.56. The zero-order valence-corrected chi connectivity index (χ0v) is 21.8. The maximum Gasteiger partial charge on any atom is 0.221 e. The molecule has 0 radical (unpaired) electrons. The van der Waals surface area contributed by atoms with Gasteiger partial charge in [-0.1, -0.05) is 31.4 Å². The second-order valence-corrected chi connectivity index (χ2v) is 8.56. The average Bonchev–Trinajstić information content (AvgIpc) is 3.30. The van der Waals surface area contributed by atoms with Crippen molar-refractivity contribution in [2.75, 3.05) is 26.8 Å². The smallest absolute Gasteiger partial charge is 0.221 e. The fourth-order valence-corrected chi connectivity index (χ4v) is 4.14. The van der Waals surface area contributed by atoms with E-state index < -0.39 is 0 Å². The normalized spacial score (nSPS) is 19.2. The van der Waals surface area contributed by atoms with E-state index in [1.54, 1.807) is 7.05 Å². The van der Waals surface area contributed by atoms with Gasteiger partial charge >= 0.3 is 0 Å². The van der Waals surface area contributed by atoms with Crippen molar-refractivity contribution in [3.8, 4) is 5.75 Å². The van der Waals surface area contributed by atoms with Crippen LogP contribution in [0.4, 0.5) is 0 Å². The molecule has 1 aromatic rings. The number of benzene rings is 1. The maximum absolute atomic E-state index is 12.2. The Balaban J connectivity index is 0.00000363. The van der Waals surface area contributed by atoms with Crippen molar-refractivity contribution >= 4 is 35.8 Å².